The van der Waals surface area contributed by atoms with Gasteiger partial charge in [-0.3, -0.25) is 4.79 Å². The molecular formula is C16H13ClF3N3O3S. The monoisotopic (exact) mass is 419 g/mol. The van der Waals surface area contributed by atoms with E-state index in [0.29, 0.717) is 16.8 Å². The van der Waals surface area contributed by atoms with E-state index in [1.54, 1.807) is 18.2 Å². The SMILES string of the molecule is Cl.NS(=O)(=O)c1ccc(Cc2n[nH]c(=O)c3ccccc23)c(C(F)(F)F)c1. The highest BCUT2D eigenvalue weighted by Crippen LogP contribution is 2.34. The molecule has 0 aliphatic rings. The summed E-state index contributed by atoms with van der Waals surface area (Å²) in [6.45, 7) is 0. The Balaban J connectivity index is 0.00000261. The summed E-state index contributed by atoms with van der Waals surface area (Å²) in [4.78, 5) is 11.2. The molecule has 2 aromatic carbocycles. The molecule has 1 aromatic heterocycles. The zero-order chi connectivity index (χ0) is 19.1. The molecule has 0 atom stereocenters. The van der Waals surface area contributed by atoms with Crippen molar-refractivity contribution in [3.8, 4) is 0 Å². The smallest absolute Gasteiger partial charge is 0.267 e. The molecular weight excluding hydrogens is 407 g/mol. The highest BCUT2D eigenvalue weighted by molar-refractivity contribution is 7.89. The van der Waals surface area contributed by atoms with Gasteiger partial charge in [0.2, 0.25) is 10.0 Å². The van der Waals surface area contributed by atoms with Gasteiger partial charge in [0.25, 0.3) is 5.56 Å². The molecule has 0 saturated heterocycles. The first-order chi connectivity index (χ1) is 12.1. The van der Waals surface area contributed by atoms with E-state index in [9.17, 15) is 26.4 Å². The Hall–Kier alpha value is -2.43. The van der Waals surface area contributed by atoms with Crippen LogP contribution in [0.15, 0.2) is 52.2 Å². The normalized spacial score (nSPS) is 12.0. The van der Waals surface area contributed by atoms with E-state index in [0.717, 1.165) is 12.1 Å². The van der Waals surface area contributed by atoms with Crippen LogP contribution in [-0.4, -0.2) is 18.6 Å². The molecule has 3 N–H and O–H groups in total. The molecule has 0 fully saturated rings. The van der Waals surface area contributed by atoms with Crippen molar-refractivity contribution in [2.45, 2.75) is 17.5 Å². The predicted octanol–water partition coefficient (Wildman–Crippen LogP) is 2.60. The summed E-state index contributed by atoms with van der Waals surface area (Å²) in [7, 11) is -4.28. The molecule has 0 bridgehead atoms. The molecule has 0 radical (unpaired) electrons. The van der Waals surface area contributed by atoms with Crippen molar-refractivity contribution in [2.75, 3.05) is 0 Å². The molecule has 0 unspecified atom stereocenters. The van der Waals surface area contributed by atoms with Gasteiger partial charge in [-0.2, -0.15) is 18.3 Å². The lowest BCUT2D eigenvalue weighted by atomic mass is 10.00. The molecule has 3 rings (SSSR count). The van der Waals surface area contributed by atoms with Gasteiger partial charge < -0.3 is 0 Å². The highest BCUT2D eigenvalue weighted by atomic mass is 35.5. The first-order valence-corrected chi connectivity index (χ1v) is 8.81. The number of alkyl halides is 3. The Morgan fingerprint density at radius 2 is 1.70 bits per heavy atom. The number of fused-ring (bicyclic) bond motifs is 1. The summed E-state index contributed by atoms with van der Waals surface area (Å²) in [5.41, 5.74) is -1.53. The fraction of sp³-hybridized carbons (Fsp3) is 0.125. The van der Waals surface area contributed by atoms with Crippen molar-refractivity contribution in [1.29, 1.82) is 0 Å². The number of H-pyrrole nitrogens is 1. The van der Waals surface area contributed by atoms with E-state index in [-0.39, 0.29) is 30.1 Å². The van der Waals surface area contributed by atoms with Crippen LogP contribution < -0.4 is 10.7 Å². The molecule has 6 nitrogen and oxygen atoms in total. The van der Waals surface area contributed by atoms with Crippen LogP contribution in [0.1, 0.15) is 16.8 Å². The summed E-state index contributed by atoms with van der Waals surface area (Å²) in [6, 6.07) is 8.94. The Kier molecular flexibility index (Phi) is 5.64. The number of benzene rings is 2. The summed E-state index contributed by atoms with van der Waals surface area (Å²) in [5.74, 6) is 0. The number of primary sulfonamides is 1. The number of nitrogens with zero attached hydrogens (tertiary/aromatic N) is 1. The van der Waals surface area contributed by atoms with Crippen molar-refractivity contribution in [3.05, 3.63) is 69.6 Å². The fourth-order valence-electron chi connectivity index (χ4n) is 2.64. The topological polar surface area (TPSA) is 106 Å². The summed E-state index contributed by atoms with van der Waals surface area (Å²) in [6.07, 6.45) is -5.04. The van der Waals surface area contributed by atoms with Gasteiger partial charge in [0.1, 0.15) is 0 Å². The summed E-state index contributed by atoms with van der Waals surface area (Å²) < 4.78 is 62.9. The number of aromatic amines is 1. The lowest BCUT2D eigenvalue weighted by molar-refractivity contribution is -0.138. The molecule has 0 spiro atoms. The van der Waals surface area contributed by atoms with Crippen LogP contribution in [-0.2, 0) is 22.6 Å². The minimum absolute atomic E-state index is 0. The first-order valence-electron chi connectivity index (χ1n) is 7.26. The van der Waals surface area contributed by atoms with Gasteiger partial charge in [-0.15, -0.1) is 12.4 Å². The van der Waals surface area contributed by atoms with Crippen LogP contribution in [0.5, 0.6) is 0 Å². The predicted molar refractivity (Wildman–Crippen MR) is 95.2 cm³/mol. The number of halogens is 4. The largest absolute Gasteiger partial charge is 0.416 e. The quantitative estimate of drug-likeness (QED) is 0.680. The zero-order valence-corrected chi connectivity index (χ0v) is 15.1. The third-order valence-corrected chi connectivity index (χ3v) is 4.76. The third-order valence-electron chi connectivity index (χ3n) is 3.85. The second-order valence-electron chi connectivity index (χ2n) is 5.58. The number of nitrogens with one attached hydrogen (secondary N) is 1. The second kappa shape index (κ2) is 7.29. The van der Waals surface area contributed by atoms with E-state index < -0.39 is 32.2 Å². The van der Waals surface area contributed by atoms with E-state index in [1.165, 1.54) is 6.07 Å². The first kappa shape index (κ1) is 20.9. The zero-order valence-electron chi connectivity index (χ0n) is 13.4. The van der Waals surface area contributed by atoms with Crippen LogP contribution in [0.2, 0.25) is 0 Å². The number of hydrogen-bond acceptors (Lipinski definition) is 4. The van der Waals surface area contributed by atoms with Gasteiger partial charge >= 0.3 is 6.18 Å². The maximum Gasteiger partial charge on any atom is 0.416 e. The number of hydrogen-bond donors (Lipinski definition) is 2. The van der Waals surface area contributed by atoms with E-state index >= 15 is 0 Å². The summed E-state index contributed by atoms with van der Waals surface area (Å²) >= 11 is 0. The van der Waals surface area contributed by atoms with Crippen molar-refractivity contribution < 1.29 is 21.6 Å². The number of nitrogens with two attached hydrogens (primary N) is 1. The van der Waals surface area contributed by atoms with Crippen LogP contribution in [0.3, 0.4) is 0 Å². The average Bonchev–Trinajstić information content (AvgIpc) is 2.56. The van der Waals surface area contributed by atoms with Crippen LogP contribution >= 0.6 is 12.4 Å². The molecule has 3 aromatic rings. The van der Waals surface area contributed by atoms with Crippen molar-refractivity contribution >= 4 is 33.2 Å². The van der Waals surface area contributed by atoms with Gasteiger partial charge in [0.05, 0.1) is 21.5 Å². The van der Waals surface area contributed by atoms with Crippen LogP contribution in [0.25, 0.3) is 10.8 Å². The van der Waals surface area contributed by atoms with Crippen LogP contribution in [0, 0.1) is 0 Å². The van der Waals surface area contributed by atoms with E-state index in [4.69, 9.17) is 5.14 Å². The van der Waals surface area contributed by atoms with Gasteiger partial charge in [-0.1, -0.05) is 24.3 Å². The molecule has 0 amide bonds. The molecule has 11 heteroatoms. The standard InChI is InChI=1S/C16H12F3N3O3S.ClH/c17-16(18,19)13-8-10(26(20,24)25)6-5-9(13)7-14-11-3-1-2-4-12(11)15(23)22-21-14;/h1-6,8H,7H2,(H,22,23)(H2,20,24,25);1H. The number of sulfonamides is 1. The highest BCUT2D eigenvalue weighted by Gasteiger charge is 2.34. The fourth-order valence-corrected chi connectivity index (χ4v) is 3.18. The number of rotatable bonds is 3. The van der Waals surface area contributed by atoms with Crippen LogP contribution in [0.4, 0.5) is 13.2 Å². The summed E-state index contributed by atoms with van der Waals surface area (Å²) in [5, 5.41) is 11.7. The third kappa shape index (κ3) is 4.29. The Morgan fingerprint density at radius 1 is 1.07 bits per heavy atom. The van der Waals surface area contributed by atoms with Gasteiger partial charge in [0, 0.05) is 11.8 Å². The molecule has 0 aliphatic carbocycles. The number of aromatic nitrogens is 2. The van der Waals surface area contributed by atoms with Crippen molar-refractivity contribution in [1.82, 2.24) is 10.2 Å². The van der Waals surface area contributed by atoms with Crippen molar-refractivity contribution in [2.24, 2.45) is 5.14 Å². The van der Waals surface area contributed by atoms with Gasteiger partial charge in [-0.05, 0) is 23.8 Å². The Bertz CT molecular complexity index is 1160. The Labute approximate surface area is 157 Å². The molecule has 0 aliphatic heterocycles. The molecule has 27 heavy (non-hydrogen) atoms. The molecule has 144 valence electrons. The minimum atomic E-state index is -4.78. The maximum atomic E-state index is 13.4. The van der Waals surface area contributed by atoms with Gasteiger partial charge in [-0.25, -0.2) is 18.7 Å². The molecule has 1 heterocycles. The van der Waals surface area contributed by atoms with E-state index in [1.807, 2.05) is 0 Å². The van der Waals surface area contributed by atoms with Gasteiger partial charge in [0.15, 0.2) is 0 Å². The maximum absolute atomic E-state index is 13.4. The minimum Gasteiger partial charge on any atom is -0.267 e. The average molecular weight is 420 g/mol. The second-order valence-corrected chi connectivity index (χ2v) is 7.14. The van der Waals surface area contributed by atoms with Crippen molar-refractivity contribution in [3.63, 3.8) is 0 Å². The Morgan fingerprint density at radius 3 is 2.30 bits per heavy atom. The van der Waals surface area contributed by atoms with E-state index in [2.05, 4.69) is 10.2 Å². The lowest BCUT2D eigenvalue weighted by Crippen LogP contribution is -2.17. The lowest BCUT2D eigenvalue weighted by Gasteiger charge is -2.14. The molecule has 0 saturated carbocycles.